The number of nitrogens with zero attached hydrogens (tertiary/aromatic N) is 2. The van der Waals surface area contributed by atoms with E-state index in [-0.39, 0.29) is 0 Å². The van der Waals surface area contributed by atoms with Gasteiger partial charge in [-0.25, -0.2) is 13.1 Å². The molecule has 9 heteroatoms. The van der Waals surface area contributed by atoms with Crippen molar-refractivity contribution in [2.24, 2.45) is 10.9 Å². The monoisotopic (exact) mass is 415 g/mol. The van der Waals surface area contributed by atoms with Crippen LogP contribution in [0.4, 0.5) is 0 Å². The van der Waals surface area contributed by atoms with Gasteiger partial charge in [0.2, 0.25) is 10.0 Å². The Balaban J connectivity index is 1.90. The highest BCUT2D eigenvalue weighted by Crippen LogP contribution is 2.37. The Morgan fingerprint density at radius 3 is 2.85 bits per heavy atom. The third-order valence-corrected chi connectivity index (χ3v) is 6.35. The Hall–Kier alpha value is -1.16. The van der Waals surface area contributed by atoms with E-state index in [0.717, 1.165) is 25.6 Å². The molecule has 0 saturated carbocycles. The van der Waals surface area contributed by atoms with Crippen LogP contribution in [0.25, 0.3) is 0 Å². The van der Waals surface area contributed by atoms with Crippen LogP contribution in [0.15, 0.2) is 22.5 Å². The molecule has 2 heterocycles. The normalized spacial score (nSPS) is 22.0. The molecule has 0 aromatic carbocycles. The molecule has 1 aromatic heterocycles. The van der Waals surface area contributed by atoms with Crippen LogP contribution in [0.3, 0.4) is 0 Å². The summed E-state index contributed by atoms with van der Waals surface area (Å²) in [5, 5.41) is 8.73. The largest absolute Gasteiger partial charge is 0.357 e. The molecule has 1 fully saturated rings. The Morgan fingerprint density at radius 1 is 1.37 bits per heavy atom. The van der Waals surface area contributed by atoms with Gasteiger partial charge in [0.15, 0.2) is 5.96 Å². The third kappa shape index (κ3) is 7.77. The van der Waals surface area contributed by atoms with Crippen LogP contribution < -0.4 is 15.4 Å². The summed E-state index contributed by atoms with van der Waals surface area (Å²) in [6, 6.07) is 4.79. The summed E-state index contributed by atoms with van der Waals surface area (Å²) in [7, 11) is -0.913. The number of likely N-dealkylation sites (tertiary alicyclic amines) is 1. The first-order chi connectivity index (χ1) is 12.9. The molecular weight excluding hydrogens is 382 g/mol. The molecule has 2 rings (SSSR count). The zero-order chi connectivity index (χ0) is 19.7. The number of rotatable bonds is 9. The summed E-state index contributed by atoms with van der Waals surface area (Å²) >= 11 is 1.83. The van der Waals surface area contributed by atoms with Gasteiger partial charge in [-0.2, -0.15) is 0 Å². The topological polar surface area (TPSA) is 85.8 Å². The van der Waals surface area contributed by atoms with Gasteiger partial charge in [-0.15, -0.1) is 11.3 Å². The maximum Gasteiger partial charge on any atom is 0.208 e. The molecule has 154 valence electrons. The Bertz CT molecular complexity index is 676. The van der Waals surface area contributed by atoms with Gasteiger partial charge in [-0.3, -0.25) is 9.89 Å². The number of nitrogens with one attached hydrogen (secondary N) is 3. The predicted octanol–water partition coefficient (Wildman–Crippen LogP) is 1.63. The van der Waals surface area contributed by atoms with E-state index in [1.165, 1.54) is 24.0 Å². The molecule has 1 aliphatic heterocycles. The summed E-state index contributed by atoms with van der Waals surface area (Å²) in [5.74, 6) is 1.31. The maximum absolute atomic E-state index is 11.1. The molecule has 0 aliphatic carbocycles. The summed E-state index contributed by atoms with van der Waals surface area (Å²) in [6.07, 6.45) is 4.28. The summed E-state index contributed by atoms with van der Waals surface area (Å²) in [6.45, 7) is 5.86. The van der Waals surface area contributed by atoms with Gasteiger partial charge in [0, 0.05) is 37.1 Å². The smallest absolute Gasteiger partial charge is 0.208 e. The van der Waals surface area contributed by atoms with Crippen LogP contribution in [0, 0.1) is 5.92 Å². The zero-order valence-electron chi connectivity index (χ0n) is 16.6. The van der Waals surface area contributed by atoms with Gasteiger partial charge in [-0.05, 0) is 57.1 Å². The minimum absolute atomic E-state index is 0.430. The molecular formula is C18H33N5O2S2. The molecule has 0 amide bonds. The number of hydrogen-bond acceptors (Lipinski definition) is 5. The van der Waals surface area contributed by atoms with E-state index >= 15 is 0 Å². The van der Waals surface area contributed by atoms with E-state index in [4.69, 9.17) is 4.99 Å². The SMILES string of the molecule is CCNC(=NCC1CCCN(C)C1c1cccs1)NCCCNS(C)(=O)=O. The number of aliphatic imine (C=N–C) groups is 1. The van der Waals surface area contributed by atoms with E-state index in [1.54, 1.807) is 0 Å². The zero-order valence-corrected chi connectivity index (χ0v) is 18.2. The Labute approximate surface area is 167 Å². The predicted molar refractivity (Wildman–Crippen MR) is 114 cm³/mol. The van der Waals surface area contributed by atoms with Gasteiger partial charge in [0.25, 0.3) is 0 Å². The number of sulfonamides is 1. The molecule has 1 aliphatic rings. The third-order valence-electron chi connectivity index (χ3n) is 4.68. The van der Waals surface area contributed by atoms with Crippen molar-refractivity contribution in [2.75, 3.05) is 46.0 Å². The van der Waals surface area contributed by atoms with Gasteiger partial charge in [0.05, 0.1) is 6.26 Å². The Morgan fingerprint density at radius 2 is 2.19 bits per heavy atom. The van der Waals surface area contributed by atoms with Crippen LogP contribution in [0.2, 0.25) is 0 Å². The fraction of sp³-hybridized carbons (Fsp3) is 0.722. The second-order valence-electron chi connectivity index (χ2n) is 7.01. The molecule has 1 aromatic rings. The molecule has 0 spiro atoms. The molecule has 0 bridgehead atoms. The molecule has 27 heavy (non-hydrogen) atoms. The minimum Gasteiger partial charge on any atom is -0.357 e. The summed E-state index contributed by atoms with van der Waals surface area (Å²) in [4.78, 5) is 8.68. The van der Waals surface area contributed by atoms with Gasteiger partial charge in [-0.1, -0.05) is 6.07 Å². The lowest BCUT2D eigenvalue weighted by molar-refractivity contribution is 0.128. The molecule has 7 nitrogen and oxygen atoms in total. The number of hydrogen-bond donors (Lipinski definition) is 3. The summed E-state index contributed by atoms with van der Waals surface area (Å²) in [5.41, 5.74) is 0. The highest BCUT2D eigenvalue weighted by atomic mass is 32.2. The van der Waals surface area contributed by atoms with Gasteiger partial charge < -0.3 is 10.6 Å². The first-order valence-electron chi connectivity index (χ1n) is 9.61. The van der Waals surface area contributed by atoms with Gasteiger partial charge in [0.1, 0.15) is 0 Å². The van der Waals surface area contributed by atoms with Crippen molar-refractivity contribution in [1.29, 1.82) is 0 Å². The van der Waals surface area contributed by atoms with Crippen molar-refractivity contribution < 1.29 is 8.42 Å². The average molecular weight is 416 g/mol. The first kappa shape index (κ1) is 22.1. The Kier molecular flexibility index (Phi) is 9.01. The fourth-order valence-corrected chi connectivity index (χ4v) is 4.96. The van der Waals surface area contributed by atoms with Crippen molar-refractivity contribution in [3.05, 3.63) is 22.4 Å². The van der Waals surface area contributed by atoms with E-state index in [0.29, 0.717) is 31.5 Å². The lowest BCUT2D eigenvalue weighted by atomic mass is 9.88. The lowest BCUT2D eigenvalue weighted by Gasteiger charge is -2.38. The van der Waals surface area contributed by atoms with Crippen LogP contribution in [0.1, 0.15) is 37.1 Å². The average Bonchev–Trinajstić information content (AvgIpc) is 3.12. The van der Waals surface area contributed by atoms with Crippen LogP contribution in [0.5, 0.6) is 0 Å². The van der Waals surface area contributed by atoms with Crippen molar-refractivity contribution in [1.82, 2.24) is 20.3 Å². The molecule has 2 atom stereocenters. The van der Waals surface area contributed by atoms with E-state index in [2.05, 4.69) is 44.8 Å². The van der Waals surface area contributed by atoms with Crippen LogP contribution in [-0.4, -0.2) is 65.3 Å². The second-order valence-corrected chi connectivity index (χ2v) is 9.82. The highest BCUT2D eigenvalue weighted by Gasteiger charge is 2.31. The number of thiophene rings is 1. The second kappa shape index (κ2) is 11.0. The molecule has 3 N–H and O–H groups in total. The lowest BCUT2D eigenvalue weighted by Crippen LogP contribution is -2.40. The highest BCUT2D eigenvalue weighted by molar-refractivity contribution is 7.88. The van der Waals surface area contributed by atoms with E-state index < -0.39 is 10.0 Å². The molecule has 0 radical (unpaired) electrons. The van der Waals surface area contributed by atoms with Crippen molar-refractivity contribution in [3.63, 3.8) is 0 Å². The van der Waals surface area contributed by atoms with E-state index in [9.17, 15) is 8.42 Å². The fourth-order valence-electron chi connectivity index (χ4n) is 3.46. The first-order valence-corrected chi connectivity index (χ1v) is 12.4. The van der Waals surface area contributed by atoms with Crippen molar-refractivity contribution in [2.45, 2.75) is 32.2 Å². The minimum atomic E-state index is -3.12. The van der Waals surface area contributed by atoms with E-state index in [1.807, 2.05) is 18.3 Å². The summed E-state index contributed by atoms with van der Waals surface area (Å²) < 4.78 is 24.7. The van der Waals surface area contributed by atoms with Crippen LogP contribution >= 0.6 is 11.3 Å². The van der Waals surface area contributed by atoms with Crippen molar-refractivity contribution in [3.8, 4) is 0 Å². The van der Waals surface area contributed by atoms with Crippen molar-refractivity contribution >= 4 is 27.3 Å². The molecule has 1 saturated heterocycles. The maximum atomic E-state index is 11.1. The molecule has 2 unspecified atom stereocenters. The quantitative estimate of drug-likeness (QED) is 0.324. The number of piperidine rings is 1. The van der Waals surface area contributed by atoms with Gasteiger partial charge >= 0.3 is 0 Å². The van der Waals surface area contributed by atoms with Crippen LogP contribution in [-0.2, 0) is 10.0 Å². The number of guanidine groups is 1. The standard InChI is InChI=1S/C18H33N5O2S2/c1-4-19-18(20-10-7-11-22-27(3,24)25)21-14-15-8-5-12-23(2)17(15)16-9-6-13-26-16/h6,9,13,15,17,22H,4-5,7-8,10-12,14H2,1-3H3,(H2,19,20,21).